The number of aromatic nitrogens is 3. The highest BCUT2D eigenvalue weighted by molar-refractivity contribution is 6.05. The van der Waals surface area contributed by atoms with Crippen LogP contribution >= 0.6 is 0 Å². The number of benzene rings is 1. The molecule has 0 saturated heterocycles. The molecular weight excluding hydrogens is 308 g/mol. The number of methoxy groups -OCH3 is 1. The topological polar surface area (TPSA) is 94.5 Å². The standard InChI is InChI=1S/C14H11F2N5O2/c1-23-11-4-10-18-5-7(6-21(10)20-11)19-14(22)12-8(15)2-3-9(17)13(12)16/h2-6H,17H2,1H3,(H,19,22). The fourth-order valence-electron chi connectivity index (χ4n) is 1.99. The first-order valence-electron chi connectivity index (χ1n) is 6.44. The summed E-state index contributed by atoms with van der Waals surface area (Å²) in [5.74, 6) is -2.76. The van der Waals surface area contributed by atoms with Gasteiger partial charge in [-0.1, -0.05) is 0 Å². The molecule has 0 saturated carbocycles. The molecule has 9 heteroatoms. The largest absolute Gasteiger partial charge is 0.480 e. The molecule has 3 N–H and O–H groups in total. The second-order valence-corrected chi connectivity index (χ2v) is 4.61. The van der Waals surface area contributed by atoms with E-state index in [2.05, 4.69) is 15.4 Å². The molecule has 2 heterocycles. The van der Waals surface area contributed by atoms with Crippen LogP contribution < -0.4 is 15.8 Å². The Hall–Kier alpha value is -3.23. The van der Waals surface area contributed by atoms with Crippen LogP contribution in [0.15, 0.2) is 30.6 Å². The van der Waals surface area contributed by atoms with Crippen molar-refractivity contribution < 1.29 is 18.3 Å². The van der Waals surface area contributed by atoms with Crippen molar-refractivity contribution in [3.8, 4) is 5.88 Å². The molecule has 0 fully saturated rings. The molecule has 1 aromatic carbocycles. The Morgan fingerprint density at radius 1 is 1.39 bits per heavy atom. The third kappa shape index (κ3) is 2.63. The summed E-state index contributed by atoms with van der Waals surface area (Å²) in [4.78, 5) is 16.1. The van der Waals surface area contributed by atoms with E-state index in [4.69, 9.17) is 10.5 Å². The number of carbonyl (C=O) groups is 1. The number of hydrogen-bond donors (Lipinski definition) is 2. The summed E-state index contributed by atoms with van der Waals surface area (Å²) in [7, 11) is 1.45. The lowest BCUT2D eigenvalue weighted by atomic mass is 10.1. The Labute approximate surface area is 128 Å². The molecule has 0 aliphatic rings. The molecule has 0 bridgehead atoms. The van der Waals surface area contributed by atoms with Gasteiger partial charge < -0.3 is 15.8 Å². The van der Waals surface area contributed by atoms with Gasteiger partial charge in [0.05, 0.1) is 30.9 Å². The second kappa shape index (κ2) is 5.52. The fourth-order valence-corrected chi connectivity index (χ4v) is 1.99. The number of ether oxygens (including phenoxy) is 1. The van der Waals surface area contributed by atoms with E-state index >= 15 is 0 Å². The average molecular weight is 319 g/mol. The first-order valence-corrected chi connectivity index (χ1v) is 6.44. The fraction of sp³-hybridized carbons (Fsp3) is 0.0714. The zero-order chi connectivity index (χ0) is 16.6. The number of rotatable bonds is 3. The number of hydrogen-bond acceptors (Lipinski definition) is 5. The van der Waals surface area contributed by atoms with Crippen molar-refractivity contribution in [1.82, 2.24) is 14.6 Å². The van der Waals surface area contributed by atoms with Crippen molar-refractivity contribution in [1.29, 1.82) is 0 Å². The Kier molecular flexibility index (Phi) is 3.53. The van der Waals surface area contributed by atoms with Gasteiger partial charge in [0.15, 0.2) is 11.5 Å². The van der Waals surface area contributed by atoms with Crippen molar-refractivity contribution in [3.05, 3.63) is 47.8 Å². The predicted molar refractivity (Wildman–Crippen MR) is 78.3 cm³/mol. The third-order valence-electron chi connectivity index (χ3n) is 3.11. The van der Waals surface area contributed by atoms with Crippen LogP contribution in [0.1, 0.15) is 10.4 Å². The minimum Gasteiger partial charge on any atom is -0.480 e. The summed E-state index contributed by atoms with van der Waals surface area (Å²) < 4.78 is 33.8. The molecule has 1 amide bonds. The number of nitrogens with one attached hydrogen (secondary N) is 1. The van der Waals surface area contributed by atoms with Gasteiger partial charge in [-0.15, -0.1) is 5.10 Å². The van der Waals surface area contributed by atoms with Gasteiger partial charge in [0.2, 0.25) is 5.88 Å². The predicted octanol–water partition coefficient (Wildman–Crippen LogP) is 1.85. The number of halogens is 2. The number of amides is 1. The first-order chi connectivity index (χ1) is 11.0. The van der Waals surface area contributed by atoms with E-state index < -0.39 is 23.1 Å². The van der Waals surface area contributed by atoms with Gasteiger partial charge in [-0.05, 0) is 12.1 Å². The quantitative estimate of drug-likeness (QED) is 0.719. The zero-order valence-electron chi connectivity index (χ0n) is 11.9. The van der Waals surface area contributed by atoms with Crippen LogP contribution in [0.25, 0.3) is 5.65 Å². The summed E-state index contributed by atoms with van der Waals surface area (Å²) in [5.41, 5.74) is 4.96. The van der Waals surface area contributed by atoms with E-state index in [1.807, 2.05) is 0 Å². The molecule has 7 nitrogen and oxygen atoms in total. The summed E-state index contributed by atoms with van der Waals surface area (Å²) in [5, 5.41) is 6.38. The molecule has 3 aromatic rings. The lowest BCUT2D eigenvalue weighted by Gasteiger charge is -2.08. The minimum atomic E-state index is -1.11. The van der Waals surface area contributed by atoms with Gasteiger partial charge >= 0.3 is 0 Å². The Bertz CT molecular complexity index is 910. The van der Waals surface area contributed by atoms with E-state index in [9.17, 15) is 13.6 Å². The monoisotopic (exact) mass is 319 g/mol. The number of anilines is 2. The van der Waals surface area contributed by atoms with Gasteiger partial charge in [0.25, 0.3) is 5.91 Å². The molecule has 0 radical (unpaired) electrons. The van der Waals surface area contributed by atoms with Crippen molar-refractivity contribution in [2.24, 2.45) is 0 Å². The van der Waals surface area contributed by atoms with Crippen molar-refractivity contribution in [2.45, 2.75) is 0 Å². The molecule has 3 rings (SSSR count). The number of carbonyl (C=O) groups excluding carboxylic acids is 1. The maximum atomic E-state index is 13.8. The van der Waals surface area contributed by atoms with Crippen molar-refractivity contribution in [3.63, 3.8) is 0 Å². The second-order valence-electron chi connectivity index (χ2n) is 4.61. The third-order valence-corrected chi connectivity index (χ3v) is 3.11. The normalized spacial score (nSPS) is 10.7. The van der Waals surface area contributed by atoms with Gasteiger partial charge in [0.1, 0.15) is 11.4 Å². The number of nitrogens with zero attached hydrogens (tertiary/aromatic N) is 3. The minimum absolute atomic E-state index is 0.203. The van der Waals surface area contributed by atoms with Crippen molar-refractivity contribution >= 4 is 22.9 Å². The van der Waals surface area contributed by atoms with Crippen LogP contribution in [0.2, 0.25) is 0 Å². The van der Waals surface area contributed by atoms with Crippen LogP contribution in [0, 0.1) is 11.6 Å². The van der Waals surface area contributed by atoms with E-state index in [1.165, 1.54) is 24.0 Å². The Morgan fingerprint density at radius 3 is 2.91 bits per heavy atom. The van der Waals surface area contributed by atoms with Crippen LogP contribution in [-0.4, -0.2) is 27.6 Å². The number of fused-ring (bicyclic) bond motifs is 1. The van der Waals surface area contributed by atoms with Gasteiger partial charge in [-0.3, -0.25) is 4.79 Å². The van der Waals surface area contributed by atoms with E-state index in [-0.39, 0.29) is 11.4 Å². The van der Waals surface area contributed by atoms with E-state index in [1.54, 1.807) is 6.07 Å². The smallest absolute Gasteiger partial charge is 0.261 e. The summed E-state index contributed by atoms with van der Waals surface area (Å²) >= 11 is 0. The Morgan fingerprint density at radius 2 is 2.17 bits per heavy atom. The molecule has 23 heavy (non-hydrogen) atoms. The van der Waals surface area contributed by atoms with Crippen LogP contribution in [0.5, 0.6) is 5.88 Å². The summed E-state index contributed by atoms with van der Waals surface area (Å²) in [6.07, 6.45) is 2.77. The lowest BCUT2D eigenvalue weighted by molar-refractivity contribution is 0.101. The highest BCUT2D eigenvalue weighted by Gasteiger charge is 2.20. The van der Waals surface area contributed by atoms with E-state index in [0.29, 0.717) is 11.5 Å². The molecule has 118 valence electrons. The molecule has 2 aromatic heterocycles. The van der Waals surface area contributed by atoms with Crippen molar-refractivity contribution in [2.75, 3.05) is 18.2 Å². The number of nitrogen functional groups attached to an aromatic ring is 1. The maximum Gasteiger partial charge on any atom is 0.261 e. The highest BCUT2D eigenvalue weighted by Crippen LogP contribution is 2.20. The van der Waals surface area contributed by atoms with Crippen LogP contribution in [0.4, 0.5) is 20.2 Å². The molecular formula is C14H11F2N5O2. The molecule has 0 aliphatic heterocycles. The summed E-state index contributed by atoms with van der Waals surface area (Å²) in [6.45, 7) is 0. The van der Waals surface area contributed by atoms with Crippen LogP contribution in [-0.2, 0) is 0 Å². The molecule has 0 spiro atoms. The zero-order valence-corrected chi connectivity index (χ0v) is 11.9. The molecule has 0 atom stereocenters. The van der Waals surface area contributed by atoms with E-state index in [0.717, 1.165) is 12.1 Å². The maximum absolute atomic E-state index is 13.8. The summed E-state index contributed by atoms with van der Waals surface area (Å²) in [6, 6.07) is 3.56. The highest BCUT2D eigenvalue weighted by atomic mass is 19.1. The number of nitrogens with two attached hydrogens (primary N) is 1. The van der Waals surface area contributed by atoms with Crippen LogP contribution in [0.3, 0.4) is 0 Å². The SMILES string of the molecule is COc1cc2ncc(NC(=O)c3c(F)ccc(N)c3F)cn2n1. The first kappa shape index (κ1) is 14.7. The van der Waals surface area contributed by atoms with Gasteiger partial charge in [-0.2, -0.15) is 0 Å². The average Bonchev–Trinajstić information content (AvgIpc) is 2.93. The van der Waals surface area contributed by atoms with Gasteiger partial charge in [0, 0.05) is 6.07 Å². The molecule has 0 unspecified atom stereocenters. The molecule has 0 aliphatic carbocycles. The van der Waals surface area contributed by atoms with Gasteiger partial charge in [-0.25, -0.2) is 18.3 Å². The lowest BCUT2D eigenvalue weighted by Crippen LogP contribution is -2.17. The Balaban J connectivity index is 1.92.